The van der Waals surface area contributed by atoms with Crippen molar-refractivity contribution in [3.63, 3.8) is 0 Å². The lowest BCUT2D eigenvalue weighted by atomic mass is 10.0. The smallest absolute Gasteiger partial charge is 0.229 e. The predicted octanol–water partition coefficient (Wildman–Crippen LogP) is 5.74. The van der Waals surface area contributed by atoms with Gasteiger partial charge in [0.15, 0.2) is 0 Å². The third-order valence-electron chi connectivity index (χ3n) is 4.87. The first-order valence-corrected chi connectivity index (χ1v) is 10.2. The molecule has 0 fully saturated rings. The van der Waals surface area contributed by atoms with E-state index in [2.05, 4.69) is 41.3 Å². The molecular weight excluding hydrogens is 393 g/mol. The van der Waals surface area contributed by atoms with Crippen molar-refractivity contribution in [1.29, 1.82) is 0 Å². The van der Waals surface area contributed by atoms with Crippen LogP contribution in [-0.4, -0.2) is 28.8 Å². The van der Waals surface area contributed by atoms with Crippen molar-refractivity contribution in [3.05, 3.63) is 66.1 Å². The summed E-state index contributed by atoms with van der Waals surface area (Å²) in [4.78, 5) is 11.4. The van der Waals surface area contributed by atoms with Crippen molar-refractivity contribution < 1.29 is 9.13 Å². The number of para-hydroxylation sites is 1. The molecule has 0 amide bonds. The zero-order valence-corrected chi connectivity index (χ0v) is 18.9. The Morgan fingerprint density at radius 1 is 1.06 bits per heavy atom. The Bertz CT molecular complexity index is 1020. The first kappa shape index (κ1) is 22.3. The van der Waals surface area contributed by atoms with Gasteiger partial charge in [0.05, 0.1) is 19.0 Å². The molecule has 0 saturated heterocycles. The maximum Gasteiger partial charge on any atom is 0.229 e. The molecule has 164 valence electrons. The summed E-state index contributed by atoms with van der Waals surface area (Å²) in [7, 11) is 1.63. The van der Waals surface area contributed by atoms with Gasteiger partial charge in [0.25, 0.3) is 0 Å². The van der Waals surface area contributed by atoms with Crippen molar-refractivity contribution in [1.82, 2.24) is 9.97 Å². The molecule has 0 radical (unpaired) electrons. The fourth-order valence-corrected chi connectivity index (χ4v) is 3.49. The average Bonchev–Trinajstić information content (AvgIpc) is 2.72. The van der Waals surface area contributed by atoms with E-state index in [0.29, 0.717) is 11.6 Å². The standard InChI is InChI=1S/C24H30FN5O/c1-16-15-26-23(28-18-11-13-19(31-6)14-12-18)29-22(16)30(24(3,4)5)17(2)27-21-10-8-7-9-20(21)25/h7-15,17,27H,1-6H3,(H,26,28,29). The van der Waals surface area contributed by atoms with Gasteiger partial charge in [-0.15, -0.1) is 0 Å². The highest BCUT2D eigenvalue weighted by Gasteiger charge is 2.30. The predicted molar refractivity (Wildman–Crippen MR) is 125 cm³/mol. The maximum absolute atomic E-state index is 14.2. The van der Waals surface area contributed by atoms with Gasteiger partial charge in [0.2, 0.25) is 5.95 Å². The van der Waals surface area contributed by atoms with Gasteiger partial charge in [-0.3, -0.25) is 0 Å². The Labute approximate surface area is 183 Å². The molecule has 0 saturated carbocycles. The van der Waals surface area contributed by atoms with Crippen LogP contribution < -0.4 is 20.3 Å². The lowest BCUT2D eigenvalue weighted by molar-refractivity contribution is 0.415. The Morgan fingerprint density at radius 3 is 2.35 bits per heavy atom. The lowest BCUT2D eigenvalue weighted by Crippen LogP contribution is -2.51. The van der Waals surface area contributed by atoms with E-state index in [1.54, 1.807) is 25.4 Å². The minimum atomic E-state index is -0.288. The van der Waals surface area contributed by atoms with Gasteiger partial charge in [-0.1, -0.05) is 12.1 Å². The van der Waals surface area contributed by atoms with Gasteiger partial charge < -0.3 is 20.3 Å². The Hall–Kier alpha value is -3.35. The second-order valence-electron chi connectivity index (χ2n) is 8.39. The van der Waals surface area contributed by atoms with Gasteiger partial charge in [0, 0.05) is 23.0 Å². The quantitative estimate of drug-likeness (QED) is 0.473. The molecule has 2 N–H and O–H groups in total. The molecule has 31 heavy (non-hydrogen) atoms. The fourth-order valence-electron chi connectivity index (χ4n) is 3.49. The zero-order chi connectivity index (χ0) is 22.6. The summed E-state index contributed by atoms with van der Waals surface area (Å²) in [6.45, 7) is 10.3. The minimum Gasteiger partial charge on any atom is -0.497 e. The molecule has 0 aliphatic rings. The lowest BCUT2D eigenvalue weighted by Gasteiger charge is -2.42. The number of nitrogens with zero attached hydrogens (tertiary/aromatic N) is 3. The molecule has 0 aliphatic carbocycles. The van der Waals surface area contributed by atoms with Gasteiger partial charge in [-0.2, -0.15) is 4.98 Å². The minimum absolute atomic E-state index is 0.223. The van der Waals surface area contributed by atoms with Crippen LogP contribution in [0.1, 0.15) is 33.3 Å². The van der Waals surface area contributed by atoms with Crippen molar-refractivity contribution >= 4 is 23.1 Å². The van der Waals surface area contributed by atoms with Crippen LogP contribution >= 0.6 is 0 Å². The van der Waals surface area contributed by atoms with Crippen LogP contribution in [0.15, 0.2) is 54.7 Å². The molecule has 0 spiro atoms. The first-order chi connectivity index (χ1) is 14.7. The zero-order valence-electron chi connectivity index (χ0n) is 18.9. The van der Waals surface area contributed by atoms with Crippen molar-refractivity contribution in [2.75, 3.05) is 22.6 Å². The number of benzene rings is 2. The number of nitrogens with one attached hydrogen (secondary N) is 2. The summed E-state index contributed by atoms with van der Waals surface area (Å²) in [5.41, 5.74) is 1.95. The molecule has 1 unspecified atom stereocenters. The van der Waals surface area contributed by atoms with E-state index in [9.17, 15) is 4.39 Å². The van der Waals surface area contributed by atoms with E-state index < -0.39 is 0 Å². The molecule has 6 nitrogen and oxygen atoms in total. The van der Waals surface area contributed by atoms with Gasteiger partial charge in [0.1, 0.15) is 17.4 Å². The molecule has 3 aromatic rings. The molecule has 0 aliphatic heterocycles. The summed E-state index contributed by atoms with van der Waals surface area (Å²) >= 11 is 0. The second-order valence-corrected chi connectivity index (χ2v) is 8.39. The van der Waals surface area contributed by atoms with E-state index in [4.69, 9.17) is 9.72 Å². The summed E-state index contributed by atoms with van der Waals surface area (Å²) in [6.07, 6.45) is 1.57. The second kappa shape index (κ2) is 9.20. The largest absolute Gasteiger partial charge is 0.497 e. The van der Waals surface area contributed by atoms with Gasteiger partial charge in [-0.25, -0.2) is 9.37 Å². The molecule has 0 bridgehead atoms. The monoisotopic (exact) mass is 423 g/mol. The van der Waals surface area contributed by atoms with E-state index in [0.717, 1.165) is 22.8 Å². The third kappa shape index (κ3) is 5.42. The molecule has 7 heteroatoms. The summed E-state index contributed by atoms with van der Waals surface area (Å²) in [5.74, 6) is 1.75. The molecule has 3 rings (SSSR count). The van der Waals surface area contributed by atoms with Crippen LogP contribution in [0.2, 0.25) is 0 Å². The van der Waals surface area contributed by atoms with Gasteiger partial charge in [-0.05, 0) is 71.0 Å². The molecular formula is C24H30FN5O. The number of halogens is 1. The Balaban J connectivity index is 1.91. The van der Waals surface area contributed by atoms with Crippen molar-refractivity contribution in [2.24, 2.45) is 0 Å². The number of methoxy groups -OCH3 is 1. The van der Waals surface area contributed by atoms with Crippen molar-refractivity contribution in [3.8, 4) is 5.75 Å². The number of hydrogen-bond acceptors (Lipinski definition) is 6. The Kier molecular flexibility index (Phi) is 6.63. The number of hydrogen-bond donors (Lipinski definition) is 2. The topological polar surface area (TPSA) is 62.3 Å². The van der Waals surface area contributed by atoms with E-state index in [1.807, 2.05) is 44.2 Å². The molecule has 1 atom stereocenters. The summed E-state index contributed by atoms with van der Waals surface area (Å²) < 4.78 is 19.4. The highest BCUT2D eigenvalue weighted by atomic mass is 19.1. The third-order valence-corrected chi connectivity index (χ3v) is 4.87. The van der Waals surface area contributed by atoms with Gasteiger partial charge >= 0.3 is 0 Å². The Morgan fingerprint density at radius 2 is 1.74 bits per heavy atom. The number of aryl methyl sites for hydroxylation is 1. The maximum atomic E-state index is 14.2. The number of ether oxygens (including phenoxy) is 1. The number of anilines is 4. The first-order valence-electron chi connectivity index (χ1n) is 10.2. The van der Waals surface area contributed by atoms with Crippen LogP contribution in [0, 0.1) is 12.7 Å². The van der Waals surface area contributed by atoms with Crippen molar-refractivity contribution in [2.45, 2.75) is 46.3 Å². The van der Waals surface area contributed by atoms with E-state index in [-0.39, 0.29) is 17.5 Å². The number of aromatic nitrogens is 2. The van der Waals surface area contributed by atoms with Crippen LogP contribution in [0.25, 0.3) is 0 Å². The molecule has 1 heterocycles. The molecule has 1 aromatic heterocycles. The summed E-state index contributed by atoms with van der Waals surface area (Å²) in [6, 6.07) is 14.2. The molecule has 2 aromatic carbocycles. The highest BCUT2D eigenvalue weighted by molar-refractivity contribution is 5.59. The van der Waals surface area contributed by atoms with Crippen LogP contribution in [0.5, 0.6) is 5.75 Å². The van der Waals surface area contributed by atoms with Crippen LogP contribution in [-0.2, 0) is 0 Å². The summed E-state index contributed by atoms with van der Waals surface area (Å²) in [5, 5.41) is 6.52. The normalized spacial score (nSPS) is 12.2. The van der Waals surface area contributed by atoms with E-state index >= 15 is 0 Å². The highest BCUT2D eigenvalue weighted by Crippen LogP contribution is 2.30. The van der Waals surface area contributed by atoms with Crippen LogP contribution in [0.4, 0.5) is 27.5 Å². The SMILES string of the molecule is COc1ccc(Nc2ncc(C)c(N(C(C)Nc3ccccc3F)C(C)(C)C)n2)cc1. The van der Waals surface area contributed by atoms with E-state index in [1.165, 1.54) is 6.07 Å². The number of rotatable bonds is 7. The van der Waals surface area contributed by atoms with Crippen LogP contribution in [0.3, 0.4) is 0 Å². The average molecular weight is 424 g/mol. The fraction of sp³-hybridized carbons (Fsp3) is 0.333.